The maximum atomic E-state index is 14.1. The van der Waals surface area contributed by atoms with Gasteiger partial charge in [0.05, 0.1) is 12.8 Å². The molecule has 4 rings (SSSR count). The summed E-state index contributed by atoms with van der Waals surface area (Å²) in [5, 5.41) is 0. The maximum Gasteiger partial charge on any atom is 0.146 e. The lowest BCUT2D eigenvalue weighted by Gasteiger charge is -2.44. The van der Waals surface area contributed by atoms with Crippen LogP contribution in [0.25, 0.3) is 0 Å². The zero-order chi connectivity index (χ0) is 19.3. The number of likely N-dealkylation sites (tertiary alicyclic amines) is 1. The first-order valence-corrected chi connectivity index (χ1v) is 10.3. The van der Waals surface area contributed by atoms with Crippen LogP contribution in [0.1, 0.15) is 18.4 Å². The molecule has 2 aliphatic rings. The number of rotatable bonds is 5. The van der Waals surface area contributed by atoms with Crippen LogP contribution in [0, 0.1) is 5.82 Å². The van der Waals surface area contributed by atoms with Crippen LogP contribution in [0.15, 0.2) is 48.5 Å². The third kappa shape index (κ3) is 4.47. The molecule has 2 aliphatic heterocycles. The lowest BCUT2D eigenvalue weighted by atomic mass is 10.0. The summed E-state index contributed by atoms with van der Waals surface area (Å²) in [4.78, 5) is 7.35. The molecule has 1 atom stereocenters. The first-order chi connectivity index (χ1) is 13.7. The van der Waals surface area contributed by atoms with Crippen molar-refractivity contribution < 1.29 is 9.13 Å². The van der Waals surface area contributed by atoms with Crippen LogP contribution >= 0.6 is 0 Å². The molecule has 150 valence electrons. The summed E-state index contributed by atoms with van der Waals surface area (Å²) in [7, 11) is 1.72. The van der Waals surface area contributed by atoms with Crippen LogP contribution in [-0.2, 0) is 6.54 Å². The largest absolute Gasteiger partial charge is 0.497 e. The van der Waals surface area contributed by atoms with Gasteiger partial charge in [0.15, 0.2) is 0 Å². The number of methoxy groups -OCH3 is 1. The zero-order valence-corrected chi connectivity index (χ0v) is 16.7. The Labute approximate surface area is 167 Å². The number of benzene rings is 2. The first kappa shape index (κ1) is 19.2. The minimum atomic E-state index is -0.113. The van der Waals surface area contributed by atoms with Gasteiger partial charge in [0.1, 0.15) is 11.6 Å². The molecule has 0 bridgehead atoms. The lowest BCUT2D eigenvalue weighted by molar-refractivity contribution is 0.0886. The van der Waals surface area contributed by atoms with Gasteiger partial charge in [0.2, 0.25) is 0 Å². The summed E-state index contributed by atoms with van der Waals surface area (Å²) < 4.78 is 19.4. The second-order valence-corrected chi connectivity index (χ2v) is 7.86. The average molecular weight is 384 g/mol. The highest BCUT2D eigenvalue weighted by Gasteiger charge is 2.28. The number of piperidine rings is 1. The number of para-hydroxylation sites is 1. The monoisotopic (exact) mass is 383 g/mol. The Morgan fingerprint density at radius 2 is 1.82 bits per heavy atom. The minimum absolute atomic E-state index is 0.113. The number of hydrogen-bond donors (Lipinski definition) is 0. The molecule has 28 heavy (non-hydrogen) atoms. The van der Waals surface area contributed by atoms with Crippen molar-refractivity contribution in [3.63, 3.8) is 0 Å². The topological polar surface area (TPSA) is 19.0 Å². The Morgan fingerprint density at radius 3 is 2.61 bits per heavy atom. The van der Waals surface area contributed by atoms with Gasteiger partial charge in [0, 0.05) is 45.3 Å². The van der Waals surface area contributed by atoms with Crippen molar-refractivity contribution in [2.45, 2.75) is 25.4 Å². The second kappa shape index (κ2) is 8.93. The van der Waals surface area contributed by atoms with E-state index < -0.39 is 0 Å². The van der Waals surface area contributed by atoms with E-state index in [1.807, 2.05) is 18.2 Å². The molecule has 0 N–H and O–H groups in total. The molecule has 0 aliphatic carbocycles. The molecular weight excluding hydrogens is 353 g/mol. The standard InChI is InChI=1S/C23H30FN3O/c1-28-21-8-4-6-19(16-21)17-25-11-5-7-20(18-25)26-12-14-27(15-13-26)23-10-3-2-9-22(23)24/h2-4,6,8-10,16,20H,5,7,11-15,17-18H2,1H3. The fraction of sp³-hybridized carbons (Fsp3) is 0.478. The van der Waals surface area contributed by atoms with Crippen LogP contribution in [0.3, 0.4) is 0 Å². The van der Waals surface area contributed by atoms with E-state index in [1.165, 1.54) is 18.4 Å². The van der Waals surface area contributed by atoms with Crippen LogP contribution in [0.5, 0.6) is 5.75 Å². The fourth-order valence-electron chi connectivity index (χ4n) is 4.54. The van der Waals surface area contributed by atoms with Crippen LogP contribution in [-0.4, -0.2) is 62.2 Å². The second-order valence-electron chi connectivity index (χ2n) is 7.86. The molecule has 1 unspecified atom stereocenters. The Hall–Kier alpha value is -2.11. The number of ether oxygens (including phenoxy) is 1. The Kier molecular flexibility index (Phi) is 6.13. The van der Waals surface area contributed by atoms with Crippen molar-refractivity contribution in [1.82, 2.24) is 9.80 Å². The number of piperazine rings is 1. The molecule has 0 spiro atoms. The van der Waals surface area contributed by atoms with E-state index in [0.29, 0.717) is 6.04 Å². The number of halogens is 1. The molecule has 2 aromatic rings. The Morgan fingerprint density at radius 1 is 1.00 bits per heavy atom. The number of nitrogens with zero attached hydrogens (tertiary/aromatic N) is 3. The van der Waals surface area contributed by atoms with E-state index in [1.54, 1.807) is 19.2 Å². The van der Waals surface area contributed by atoms with Gasteiger partial charge in [-0.3, -0.25) is 9.80 Å². The van der Waals surface area contributed by atoms with Crippen molar-refractivity contribution in [2.24, 2.45) is 0 Å². The highest BCUT2D eigenvalue weighted by molar-refractivity contribution is 5.48. The molecule has 2 heterocycles. The van der Waals surface area contributed by atoms with Crippen molar-refractivity contribution in [1.29, 1.82) is 0 Å². The number of hydrogen-bond acceptors (Lipinski definition) is 4. The molecule has 0 saturated carbocycles. The number of anilines is 1. The molecule has 0 radical (unpaired) electrons. The van der Waals surface area contributed by atoms with Gasteiger partial charge in [-0.25, -0.2) is 4.39 Å². The highest BCUT2D eigenvalue weighted by Crippen LogP contribution is 2.24. The summed E-state index contributed by atoms with van der Waals surface area (Å²) in [6.07, 6.45) is 2.50. The van der Waals surface area contributed by atoms with Gasteiger partial charge in [-0.15, -0.1) is 0 Å². The maximum absolute atomic E-state index is 14.1. The highest BCUT2D eigenvalue weighted by atomic mass is 19.1. The lowest BCUT2D eigenvalue weighted by Crippen LogP contribution is -2.55. The third-order valence-electron chi connectivity index (χ3n) is 6.04. The molecule has 2 fully saturated rings. The summed E-state index contributed by atoms with van der Waals surface area (Å²) in [5.41, 5.74) is 2.05. The van der Waals surface area contributed by atoms with Crippen molar-refractivity contribution >= 4 is 5.69 Å². The van der Waals surface area contributed by atoms with Gasteiger partial charge in [-0.1, -0.05) is 24.3 Å². The summed E-state index contributed by atoms with van der Waals surface area (Å²) in [5.74, 6) is 0.813. The van der Waals surface area contributed by atoms with Gasteiger partial charge in [-0.2, -0.15) is 0 Å². The SMILES string of the molecule is COc1cccc(CN2CCCC(N3CCN(c4ccccc4F)CC3)C2)c1. The van der Waals surface area contributed by atoms with Gasteiger partial charge in [-0.05, 0) is 49.2 Å². The molecule has 0 aromatic heterocycles. The van der Waals surface area contributed by atoms with Crippen molar-refractivity contribution in [3.8, 4) is 5.75 Å². The molecular formula is C23H30FN3O. The van der Waals surface area contributed by atoms with Gasteiger partial charge in [0.25, 0.3) is 0 Å². The van der Waals surface area contributed by atoms with E-state index >= 15 is 0 Å². The molecule has 0 amide bonds. The molecule has 2 saturated heterocycles. The first-order valence-electron chi connectivity index (χ1n) is 10.3. The third-order valence-corrected chi connectivity index (χ3v) is 6.04. The van der Waals surface area contributed by atoms with Crippen LogP contribution in [0.4, 0.5) is 10.1 Å². The quantitative estimate of drug-likeness (QED) is 0.785. The normalized spacial score (nSPS) is 21.6. The molecule has 2 aromatic carbocycles. The van der Waals surface area contributed by atoms with Gasteiger partial charge >= 0.3 is 0 Å². The van der Waals surface area contributed by atoms with E-state index in [4.69, 9.17) is 4.74 Å². The predicted molar refractivity (Wildman–Crippen MR) is 111 cm³/mol. The van der Waals surface area contributed by atoms with Gasteiger partial charge < -0.3 is 9.64 Å². The van der Waals surface area contributed by atoms with Crippen LogP contribution < -0.4 is 9.64 Å². The minimum Gasteiger partial charge on any atom is -0.497 e. The summed E-state index contributed by atoms with van der Waals surface area (Å²) in [6, 6.07) is 16.1. The smallest absolute Gasteiger partial charge is 0.146 e. The van der Waals surface area contributed by atoms with Crippen molar-refractivity contribution in [2.75, 3.05) is 51.3 Å². The zero-order valence-electron chi connectivity index (χ0n) is 16.7. The van der Waals surface area contributed by atoms with E-state index in [9.17, 15) is 4.39 Å². The summed E-state index contributed by atoms with van der Waals surface area (Å²) >= 11 is 0. The van der Waals surface area contributed by atoms with E-state index in [0.717, 1.165) is 57.3 Å². The van der Waals surface area contributed by atoms with E-state index in [-0.39, 0.29) is 5.82 Å². The fourth-order valence-corrected chi connectivity index (χ4v) is 4.54. The molecule has 4 nitrogen and oxygen atoms in total. The average Bonchev–Trinajstić information content (AvgIpc) is 2.75. The Balaban J connectivity index is 1.32. The summed E-state index contributed by atoms with van der Waals surface area (Å²) in [6.45, 7) is 7.04. The van der Waals surface area contributed by atoms with Crippen molar-refractivity contribution in [3.05, 3.63) is 59.9 Å². The van der Waals surface area contributed by atoms with E-state index in [2.05, 4.69) is 32.9 Å². The molecule has 5 heteroatoms. The van der Waals surface area contributed by atoms with Crippen LogP contribution in [0.2, 0.25) is 0 Å². The predicted octanol–water partition coefficient (Wildman–Crippen LogP) is 3.62. The Bertz CT molecular complexity index is 776.